The number of ether oxygens (including phenoxy) is 1. The van der Waals surface area contributed by atoms with Crippen molar-refractivity contribution in [1.82, 2.24) is 29.6 Å². The van der Waals surface area contributed by atoms with E-state index in [1.165, 1.54) is 29.1 Å². The molecule has 3 saturated heterocycles. The Labute approximate surface area is 298 Å². The van der Waals surface area contributed by atoms with Gasteiger partial charge in [0, 0.05) is 43.5 Å². The van der Waals surface area contributed by atoms with Crippen LogP contribution in [0.2, 0.25) is 0 Å². The molecule has 3 aliphatic heterocycles. The number of alkyl halides is 1. The van der Waals surface area contributed by atoms with E-state index in [0.717, 1.165) is 37.9 Å². The van der Waals surface area contributed by atoms with Gasteiger partial charge in [0.1, 0.15) is 41.4 Å². The van der Waals surface area contributed by atoms with E-state index in [2.05, 4.69) is 24.9 Å². The van der Waals surface area contributed by atoms with Crippen LogP contribution in [-0.4, -0.2) is 84.6 Å². The molecule has 2 unspecified atom stereocenters. The molecule has 4 atom stereocenters. The summed E-state index contributed by atoms with van der Waals surface area (Å²) in [6.07, 6.45) is 7.60. The molecule has 0 amide bonds. The molecule has 6 heterocycles. The Hall–Kier alpha value is -4.78. The number of phenolic OH excluding ortho intramolecular Hbond substituents is 1. The van der Waals surface area contributed by atoms with Crippen molar-refractivity contribution in [3.8, 4) is 23.0 Å². The summed E-state index contributed by atoms with van der Waals surface area (Å²) in [7, 11) is 0. The molecule has 13 heteroatoms. The van der Waals surface area contributed by atoms with Gasteiger partial charge in [-0.1, -0.05) is 19.4 Å². The Morgan fingerprint density at radius 1 is 1.12 bits per heavy atom. The van der Waals surface area contributed by atoms with Crippen LogP contribution in [0.25, 0.3) is 32.9 Å². The second kappa shape index (κ2) is 12.1. The molecule has 3 aromatic heterocycles. The SMILES string of the molecule is CCc1c(F)ccc2cc(O)cc(-c3ncc4c(N5CC6(C(=O)n7ccc(C)n7)CCCC5C6)nc(OC[C@@]56CCCN5C[C@H](F)C6)nc4c3F)c12. The number of halogens is 3. The molecule has 5 aromatic rings. The van der Waals surface area contributed by atoms with Gasteiger partial charge >= 0.3 is 6.01 Å². The first-order chi connectivity index (χ1) is 25.1. The summed E-state index contributed by atoms with van der Waals surface area (Å²) in [5.41, 5.74) is 0.0426. The van der Waals surface area contributed by atoms with Crippen molar-refractivity contribution in [2.75, 3.05) is 31.1 Å². The molecule has 2 bridgehead atoms. The summed E-state index contributed by atoms with van der Waals surface area (Å²) in [6, 6.07) is 7.52. The van der Waals surface area contributed by atoms with Crippen LogP contribution >= 0.6 is 0 Å². The molecule has 0 radical (unpaired) electrons. The molecule has 1 saturated carbocycles. The van der Waals surface area contributed by atoms with Gasteiger partial charge in [0.15, 0.2) is 5.82 Å². The number of carbonyl (C=O) groups excluding carboxylic acids is 1. The average molecular weight is 712 g/mol. The van der Waals surface area contributed by atoms with E-state index in [9.17, 15) is 14.3 Å². The lowest BCUT2D eigenvalue weighted by Gasteiger charge is -2.31. The molecule has 4 aliphatic rings. The molecule has 10 nitrogen and oxygen atoms in total. The number of aromatic hydroxyl groups is 1. The average Bonchev–Trinajstić information content (AvgIpc) is 3.88. The van der Waals surface area contributed by atoms with Crippen LogP contribution in [0.4, 0.5) is 19.0 Å². The summed E-state index contributed by atoms with van der Waals surface area (Å²) in [4.78, 5) is 32.3. The highest BCUT2D eigenvalue weighted by atomic mass is 19.1. The highest BCUT2D eigenvalue weighted by Gasteiger charge is 2.53. The fraction of sp³-hybridized carbons (Fsp3) is 0.462. The third-order valence-corrected chi connectivity index (χ3v) is 12.0. The number of rotatable bonds is 7. The minimum Gasteiger partial charge on any atom is -0.508 e. The molecule has 1 N–H and O–H groups in total. The van der Waals surface area contributed by atoms with Gasteiger partial charge < -0.3 is 14.7 Å². The Morgan fingerprint density at radius 2 is 1.98 bits per heavy atom. The first kappa shape index (κ1) is 33.1. The number of pyridine rings is 1. The highest BCUT2D eigenvalue weighted by Crippen LogP contribution is 2.49. The van der Waals surface area contributed by atoms with Crippen LogP contribution in [0, 0.1) is 24.0 Å². The molecule has 9 rings (SSSR count). The van der Waals surface area contributed by atoms with Gasteiger partial charge in [-0.2, -0.15) is 15.1 Å². The van der Waals surface area contributed by atoms with Crippen LogP contribution in [0.5, 0.6) is 11.8 Å². The molecule has 270 valence electrons. The van der Waals surface area contributed by atoms with Crippen molar-refractivity contribution in [2.45, 2.75) is 83.0 Å². The predicted molar refractivity (Wildman–Crippen MR) is 189 cm³/mol. The number of phenols is 1. The first-order valence-electron chi connectivity index (χ1n) is 18.2. The molecule has 1 aliphatic carbocycles. The smallest absolute Gasteiger partial charge is 0.319 e. The quantitative estimate of drug-likeness (QED) is 0.192. The summed E-state index contributed by atoms with van der Waals surface area (Å²) in [5.74, 6) is -0.978. The Bertz CT molecular complexity index is 2260. The third kappa shape index (κ3) is 5.14. The highest BCUT2D eigenvalue weighted by molar-refractivity contribution is 6.02. The molecule has 0 spiro atoms. The molecular weight excluding hydrogens is 671 g/mol. The monoisotopic (exact) mass is 711 g/mol. The van der Waals surface area contributed by atoms with Gasteiger partial charge in [-0.25, -0.2) is 17.9 Å². The van der Waals surface area contributed by atoms with Crippen molar-refractivity contribution in [1.29, 1.82) is 0 Å². The lowest BCUT2D eigenvalue weighted by atomic mass is 9.75. The third-order valence-electron chi connectivity index (χ3n) is 12.0. The van der Waals surface area contributed by atoms with Crippen molar-refractivity contribution in [2.24, 2.45) is 5.41 Å². The van der Waals surface area contributed by atoms with E-state index in [-0.39, 0.29) is 47.1 Å². The van der Waals surface area contributed by atoms with Crippen molar-refractivity contribution < 1.29 is 27.8 Å². The Kier molecular flexibility index (Phi) is 7.73. The number of hydrogen-bond donors (Lipinski definition) is 1. The van der Waals surface area contributed by atoms with Gasteiger partial charge in [-0.15, -0.1) is 0 Å². The van der Waals surface area contributed by atoms with E-state index in [1.54, 1.807) is 12.3 Å². The summed E-state index contributed by atoms with van der Waals surface area (Å²) >= 11 is 0. The second-order valence-electron chi connectivity index (χ2n) is 15.2. The van der Waals surface area contributed by atoms with Crippen LogP contribution in [0.3, 0.4) is 0 Å². The lowest BCUT2D eigenvalue weighted by molar-refractivity contribution is 0.0662. The first-order valence-corrected chi connectivity index (χ1v) is 18.2. The van der Waals surface area contributed by atoms with Gasteiger partial charge in [0.2, 0.25) is 0 Å². The van der Waals surface area contributed by atoms with Crippen LogP contribution in [-0.2, 0) is 6.42 Å². The number of aromatic nitrogens is 5. The summed E-state index contributed by atoms with van der Waals surface area (Å²) in [6.45, 7) is 5.31. The minimum absolute atomic E-state index is 0.0453. The maximum absolute atomic E-state index is 17.2. The number of hydrogen-bond acceptors (Lipinski definition) is 9. The molecule has 52 heavy (non-hydrogen) atoms. The maximum atomic E-state index is 17.2. The van der Waals surface area contributed by atoms with Gasteiger partial charge in [0.25, 0.3) is 5.91 Å². The number of nitrogens with zero attached hydrogens (tertiary/aromatic N) is 7. The number of aryl methyl sites for hydroxylation is 2. The zero-order valence-electron chi connectivity index (χ0n) is 29.2. The van der Waals surface area contributed by atoms with Crippen molar-refractivity contribution in [3.05, 3.63) is 65.6 Å². The molecule has 4 fully saturated rings. The summed E-state index contributed by atoms with van der Waals surface area (Å²) < 4.78 is 54.7. The zero-order chi connectivity index (χ0) is 35.9. The number of carbonyl (C=O) groups is 1. The van der Waals surface area contributed by atoms with Crippen LogP contribution in [0.15, 0.2) is 42.7 Å². The second-order valence-corrected chi connectivity index (χ2v) is 15.2. The van der Waals surface area contributed by atoms with Gasteiger partial charge in [0.05, 0.1) is 22.0 Å². The molecular formula is C39H40F3N7O3. The fourth-order valence-corrected chi connectivity index (χ4v) is 9.65. The van der Waals surface area contributed by atoms with E-state index in [0.29, 0.717) is 66.3 Å². The van der Waals surface area contributed by atoms with Crippen molar-refractivity contribution >= 4 is 33.4 Å². The largest absolute Gasteiger partial charge is 0.508 e. The zero-order valence-corrected chi connectivity index (χ0v) is 29.2. The topological polar surface area (TPSA) is 110 Å². The fourth-order valence-electron chi connectivity index (χ4n) is 9.65. The predicted octanol–water partition coefficient (Wildman–Crippen LogP) is 6.94. The Balaban J connectivity index is 1.19. The van der Waals surface area contributed by atoms with E-state index in [4.69, 9.17) is 9.72 Å². The number of benzene rings is 2. The van der Waals surface area contributed by atoms with Crippen LogP contribution in [0.1, 0.15) is 67.9 Å². The maximum Gasteiger partial charge on any atom is 0.319 e. The van der Waals surface area contributed by atoms with Gasteiger partial charge in [-0.3, -0.25) is 14.7 Å². The van der Waals surface area contributed by atoms with E-state index in [1.807, 2.05) is 19.9 Å². The van der Waals surface area contributed by atoms with E-state index < -0.39 is 28.8 Å². The number of fused-ring (bicyclic) bond motifs is 5. The Morgan fingerprint density at radius 3 is 2.79 bits per heavy atom. The summed E-state index contributed by atoms with van der Waals surface area (Å²) in [5, 5.41) is 16.5. The van der Waals surface area contributed by atoms with Gasteiger partial charge in [-0.05, 0) is 92.6 Å². The standard InChI is InChI=1S/C39H40F3N7O3/c1-3-27-30(41)8-7-23-14-26(50)15-28(31(23)27)33-32(42)34-29(18-43-33)35(45-37(44-34)52-21-39-11-5-12-47(39)19-24(40)16-39)48-20-38(10-4-6-25(48)17-38)36(51)49-13-9-22(2)46-49/h7-9,13-15,18,24-25,50H,3-6,10-12,16-17,19-21H2,1-2H3/t24-,25?,38?,39+/m1/s1. The number of anilines is 1. The van der Waals surface area contributed by atoms with Crippen molar-refractivity contribution in [3.63, 3.8) is 0 Å². The minimum atomic E-state index is -0.950. The lowest BCUT2D eigenvalue weighted by Crippen LogP contribution is -2.43. The van der Waals surface area contributed by atoms with Crippen LogP contribution < -0.4 is 9.64 Å². The van der Waals surface area contributed by atoms with E-state index >= 15 is 8.78 Å². The molecule has 2 aromatic carbocycles. The normalized spacial score (nSPS) is 25.8.